The first kappa shape index (κ1) is 18.6. The van der Waals surface area contributed by atoms with Gasteiger partial charge in [-0.05, 0) is 24.0 Å². The summed E-state index contributed by atoms with van der Waals surface area (Å²) in [5.74, 6) is -0.742. The molecule has 6 nitrogen and oxygen atoms in total. The molecule has 0 radical (unpaired) electrons. The highest BCUT2D eigenvalue weighted by atomic mass is 16.2. The van der Waals surface area contributed by atoms with Gasteiger partial charge in [0, 0.05) is 6.54 Å². The molecule has 0 saturated carbocycles. The van der Waals surface area contributed by atoms with Crippen LogP contribution in [0.1, 0.15) is 24.5 Å². The molecule has 1 saturated heterocycles. The summed E-state index contributed by atoms with van der Waals surface area (Å²) in [6.07, 6.45) is 1.10. The van der Waals surface area contributed by atoms with E-state index in [-0.39, 0.29) is 18.4 Å². The van der Waals surface area contributed by atoms with E-state index in [1.807, 2.05) is 67.6 Å². The summed E-state index contributed by atoms with van der Waals surface area (Å²) >= 11 is 0. The predicted molar refractivity (Wildman–Crippen MR) is 102 cm³/mol. The summed E-state index contributed by atoms with van der Waals surface area (Å²) in [5, 5.41) is 5.55. The van der Waals surface area contributed by atoms with Gasteiger partial charge in [-0.25, -0.2) is 4.79 Å². The number of imide groups is 1. The third kappa shape index (κ3) is 3.84. The van der Waals surface area contributed by atoms with E-state index in [1.54, 1.807) is 0 Å². The predicted octanol–water partition coefficient (Wildman–Crippen LogP) is 2.20. The zero-order valence-corrected chi connectivity index (χ0v) is 15.3. The second-order valence-electron chi connectivity index (χ2n) is 6.53. The maximum absolute atomic E-state index is 13.0. The first-order valence-electron chi connectivity index (χ1n) is 9.07. The smallest absolute Gasteiger partial charge is 0.325 e. The van der Waals surface area contributed by atoms with Crippen molar-refractivity contribution >= 4 is 17.8 Å². The van der Waals surface area contributed by atoms with E-state index in [0.29, 0.717) is 19.4 Å². The first-order valence-corrected chi connectivity index (χ1v) is 9.07. The van der Waals surface area contributed by atoms with E-state index < -0.39 is 11.6 Å². The average Bonchev–Trinajstić information content (AvgIpc) is 2.94. The van der Waals surface area contributed by atoms with Gasteiger partial charge in [0.15, 0.2) is 0 Å². The van der Waals surface area contributed by atoms with Crippen LogP contribution in [0.3, 0.4) is 0 Å². The molecule has 27 heavy (non-hydrogen) atoms. The molecule has 0 aliphatic carbocycles. The van der Waals surface area contributed by atoms with E-state index in [4.69, 9.17) is 0 Å². The molecule has 140 valence electrons. The number of benzene rings is 2. The Morgan fingerprint density at radius 3 is 2.30 bits per heavy atom. The molecule has 0 aromatic heterocycles. The highest BCUT2D eigenvalue weighted by Crippen LogP contribution is 2.32. The number of hydrogen-bond donors (Lipinski definition) is 2. The van der Waals surface area contributed by atoms with Crippen LogP contribution in [0.25, 0.3) is 0 Å². The van der Waals surface area contributed by atoms with Crippen LogP contribution in [0.2, 0.25) is 0 Å². The number of carbonyl (C=O) groups is 3. The molecule has 2 aromatic rings. The monoisotopic (exact) mass is 365 g/mol. The number of hydrogen-bond acceptors (Lipinski definition) is 3. The van der Waals surface area contributed by atoms with Crippen molar-refractivity contribution < 1.29 is 14.4 Å². The SMILES string of the molecule is CC[C@]1(c2ccccc2)NC(=O)N(CC(=O)NCCc2ccccc2)C1=O. The molecule has 1 aliphatic rings. The third-order valence-corrected chi connectivity index (χ3v) is 4.85. The quantitative estimate of drug-likeness (QED) is 0.739. The third-order valence-electron chi connectivity index (χ3n) is 4.85. The maximum Gasteiger partial charge on any atom is 0.325 e. The topological polar surface area (TPSA) is 78.5 Å². The molecule has 2 aromatic carbocycles. The Kier molecular flexibility index (Phi) is 5.54. The van der Waals surface area contributed by atoms with Crippen LogP contribution in [-0.2, 0) is 21.5 Å². The van der Waals surface area contributed by atoms with Crippen LogP contribution >= 0.6 is 0 Å². The number of amides is 4. The molecule has 0 unspecified atom stereocenters. The summed E-state index contributed by atoms with van der Waals surface area (Å²) in [4.78, 5) is 38.6. The van der Waals surface area contributed by atoms with Crippen molar-refractivity contribution in [2.24, 2.45) is 0 Å². The molecule has 4 amide bonds. The minimum atomic E-state index is -1.11. The van der Waals surface area contributed by atoms with Crippen molar-refractivity contribution in [1.82, 2.24) is 15.5 Å². The summed E-state index contributed by atoms with van der Waals surface area (Å²) in [5.41, 5.74) is 0.725. The van der Waals surface area contributed by atoms with Crippen LogP contribution in [0.4, 0.5) is 4.79 Å². The van der Waals surface area contributed by atoms with Crippen molar-refractivity contribution in [1.29, 1.82) is 0 Å². The second-order valence-corrected chi connectivity index (χ2v) is 6.53. The summed E-state index contributed by atoms with van der Waals surface area (Å²) in [6.45, 7) is 2.01. The summed E-state index contributed by atoms with van der Waals surface area (Å²) in [7, 11) is 0. The van der Waals surface area contributed by atoms with Crippen molar-refractivity contribution in [3.63, 3.8) is 0 Å². The Balaban J connectivity index is 1.62. The van der Waals surface area contributed by atoms with E-state index in [9.17, 15) is 14.4 Å². The number of carbonyl (C=O) groups excluding carboxylic acids is 3. The van der Waals surface area contributed by atoms with Crippen LogP contribution in [0, 0.1) is 0 Å². The zero-order valence-electron chi connectivity index (χ0n) is 15.3. The van der Waals surface area contributed by atoms with Gasteiger partial charge in [-0.15, -0.1) is 0 Å². The normalized spacial score (nSPS) is 19.1. The highest BCUT2D eigenvalue weighted by molar-refractivity contribution is 6.09. The molecule has 1 heterocycles. The molecule has 0 bridgehead atoms. The Hall–Kier alpha value is -3.15. The standard InChI is InChI=1S/C21H23N3O3/c1-2-21(17-11-7-4-8-12-17)19(26)24(20(27)23-21)15-18(25)22-14-13-16-9-5-3-6-10-16/h3-12H,2,13-15H2,1H3,(H,22,25)(H,23,27)/t21-/m1/s1. The summed E-state index contributed by atoms with van der Waals surface area (Å²) in [6, 6.07) is 18.4. The largest absolute Gasteiger partial charge is 0.354 e. The van der Waals surface area contributed by atoms with Gasteiger partial charge in [0.05, 0.1) is 0 Å². The van der Waals surface area contributed by atoms with E-state index in [0.717, 1.165) is 16.0 Å². The van der Waals surface area contributed by atoms with Crippen LogP contribution in [0.5, 0.6) is 0 Å². The van der Waals surface area contributed by atoms with E-state index in [2.05, 4.69) is 10.6 Å². The lowest BCUT2D eigenvalue weighted by molar-refractivity contribution is -0.135. The van der Waals surface area contributed by atoms with Gasteiger partial charge < -0.3 is 10.6 Å². The average molecular weight is 365 g/mol. The molecule has 1 atom stereocenters. The molecule has 3 rings (SSSR count). The van der Waals surface area contributed by atoms with Crippen molar-refractivity contribution in [2.75, 3.05) is 13.1 Å². The Morgan fingerprint density at radius 1 is 1.04 bits per heavy atom. The van der Waals surface area contributed by atoms with Gasteiger partial charge in [0.2, 0.25) is 5.91 Å². The van der Waals surface area contributed by atoms with Gasteiger partial charge in [-0.3, -0.25) is 14.5 Å². The minimum absolute atomic E-state index is 0.284. The lowest BCUT2D eigenvalue weighted by Crippen LogP contribution is -2.45. The minimum Gasteiger partial charge on any atom is -0.354 e. The number of rotatable bonds is 7. The molecule has 2 N–H and O–H groups in total. The molecular formula is C21H23N3O3. The molecule has 6 heteroatoms. The Bertz CT molecular complexity index is 823. The number of urea groups is 1. The van der Waals surface area contributed by atoms with Gasteiger partial charge in [-0.1, -0.05) is 67.6 Å². The van der Waals surface area contributed by atoms with Crippen molar-refractivity contribution in [3.05, 3.63) is 71.8 Å². The Labute approximate surface area is 158 Å². The van der Waals surface area contributed by atoms with Crippen LogP contribution < -0.4 is 10.6 Å². The van der Waals surface area contributed by atoms with Crippen molar-refractivity contribution in [3.8, 4) is 0 Å². The summed E-state index contributed by atoms with van der Waals surface area (Å²) < 4.78 is 0. The fourth-order valence-corrected chi connectivity index (χ4v) is 3.32. The zero-order chi connectivity index (χ0) is 19.3. The maximum atomic E-state index is 13.0. The van der Waals surface area contributed by atoms with E-state index >= 15 is 0 Å². The van der Waals surface area contributed by atoms with Gasteiger partial charge in [-0.2, -0.15) is 0 Å². The lowest BCUT2D eigenvalue weighted by atomic mass is 9.87. The molecule has 1 fully saturated rings. The fourth-order valence-electron chi connectivity index (χ4n) is 3.32. The van der Waals surface area contributed by atoms with Crippen molar-refractivity contribution in [2.45, 2.75) is 25.3 Å². The molecule has 1 aliphatic heterocycles. The number of nitrogens with one attached hydrogen (secondary N) is 2. The van der Waals surface area contributed by atoms with Gasteiger partial charge in [0.1, 0.15) is 12.1 Å². The lowest BCUT2D eigenvalue weighted by Gasteiger charge is -2.25. The highest BCUT2D eigenvalue weighted by Gasteiger charge is 2.51. The fraction of sp³-hybridized carbons (Fsp3) is 0.286. The van der Waals surface area contributed by atoms with Gasteiger partial charge in [0.25, 0.3) is 5.91 Å². The first-order chi connectivity index (χ1) is 13.1. The van der Waals surface area contributed by atoms with Crippen LogP contribution in [-0.4, -0.2) is 35.8 Å². The van der Waals surface area contributed by atoms with Crippen LogP contribution in [0.15, 0.2) is 60.7 Å². The second kappa shape index (κ2) is 8.03. The number of nitrogens with zero attached hydrogens (tertiary/aromatic N) is 1. The van der Waals surface area contributed by atoms with Gasteiger partial charge >= 0.3 is 6.03 Å². The molecule has 0 spiro atoms. The molecular weight excluding hydrogens is 342 g/mol. The Morgan fingerprint density at radius 2 is 1.67 bits per heavy atom. The van der Waals surface area contributed by atoms with E-state index in [1.165, 1.54) is 0 Å².